The summed E-state index contributed by atoms with van der Waals surface area (Å²) in [6.07, 6.45) is 0. The Morgan fingerprint density at radius 1 is 1.08 bits per heavy atom. The molecule has 0 fully saturated rings. The number of rotatable bonds is 5. The third-order valence-electron chi connectivity index (χ3n) is 3.60. The van der Waals surface area contributed by atoms with Crippen LogP contribution in [0.15, 0.2) is 53.9 Å². The molecule has 24 heavy (non-hydrogen) atoms. The van der Waals surface area contributed by atoms with E-state index in [9.17, 15) is 4.79 Å². The van der Waals surface area contributed by atoms with Gasteiger partial charge in [-0.25, -0.2) is 4.98 Å². The lowest BCUT2D eigenvalue weighted by Crippen LogP contribution is -2.18. The number of carbonyl (C=O) groups is 1. The Morgan fingerprint density at radius 2 is 1.79 bits per heavy atom. The summed E-state index contributed by atoms with van der Waals surface area (Å²) in [5, 5.41) is 9.03. The van der Waals surface area contributed by atoms with E-state index in [-0.39, 0.29) is 5.91 Å². The second-order valence-electron chi connectivity index (χ2n) is 5.64. The van der Waals surface area contributed by atoms with Crippen molar-refractivity contribution in [2.45, 2.75) is 20.4 Å². The van der Waals surface area contributed by atoms with Crippen LogP contribution in [0, 0.1) is 6.92 Å². The molecule has 0 aliphatic carbocycles. The molecular formula is C19H19N3OS. The summed E-state index contributed by atoms with van der Waals surface area (Å²) in [7, 11) is 0. The topological polar surface area (TPSA) is 54.0 Å². The third kappa shape index (κ3) is 4.20. The molecule has 0 bridgehead atoms. The molecule has 0 radical (unpaired) electrons. The molecule has 0 spiro atoms. The van der Waals surface area contributed by atoms with Crippen molar-refractivity contribution in [3.63, 3.8) is 0 Å². The van der Waals surface area contributed by atoms with E-state index in [1.807, 2.05) is 41.8 Å². The molecule has 4 nitrogen and oxygen atoms in total. The average Bonchev–Trinajstić information content (AvgIpc) is 3.04. The predicted octanol–water partition coefficient (Wildman–Crippen LogP) is 4.50. The van der Waals surface area contributed by atoms with Crippen molar-refractivity contribution in [2.24, 2.45) is 0 Å². The molecule has 0 unspecified atom stereocenters. The monoisotopic (exact) mass is 337 g/mol. The molecule has 122 valence electrons. The van der Waals surface area contributed by atoms with Crippen molar-refractivity contribution in [3.8, 4) is 11.3 Å². The van der Waals surface area contributed by atoms with Gasteiger partial charge in [0.1, 0.15) is 0 Å². The van der Waals surface area contributed by atoms with E-state index in [0.717, 1.165) is 27.6 Å². The van der Waals surface area contributed by atoms with Gasteiger partial charge in [-0.2, -0.15) is 0 Å². The Kier molecular flexibility index (Phi) is 4.91. The number of aryl methyl sites for hydroxylation is 1. The van der Waals surface area contributed by atoms with Crippen LogP contribution in [0.2, 0.25) is 0 Å². The molecule has 2 aromatic carbocycles. The lowest BCUT2D eigenvalue weighted by molar-refractivity contribution is -0.119. The number of carbonyl (C=O) groups excluding carboxylic acids is 1. The summed E-state index contributed by atoms with van der Waals surface area (Å²) >= 11 is 1.58. The number of aromatic nitrogens is 1. The standard InChI is InChI=1S/C19H19N3OS/c1-13-3-9-17(10-4-13)21-19-22-18(12-24-19)16-7-5-15(6-8-16)11-20-14(2)23/h3-10,12H,11H2,1-2H3,(H,20,23)(H,21,22). The fraction of sp³-hybridized carbons (Fsp3) is 0.158. The quantitative estimate of drug-likeness (QED) is 0.721. The van der Waals surface area contributed by atoms with E-state index in [1.54, 1.807) is 11.3 Å². The van der Waals surface area contributed by atoms with Crippen LogP contribution in [0.1, 0.15) is 18.1 Å². The summed E-state index contributed by atoms with van der Waals surface area (Å²) < 4.78 is 0. The van der Waals surface area contributed by atoms with Gasteiger partial charge in [-0.1, -0.05) is 42.0 Å². The van der Waals surface area contributed by atoms with Gasteiger partial charge in [0.2, 0.25) is 5.91 Å². The number of nitrogens with one attached hydrogen (secondary N) is 2. The van der Waals surface area contributed by atoms with Crippen LogP contribution in [0.25, 0.3) is 11.3 Å². The molecule has 1 amide bonds. The molecule has 3 aromatic rings. The largest absolute Gasteiger partial charge is 0.352 e. The summed E-state index contributed by atoms with van der Waals surface area (Å²) in [6.45, 7) is 4.14. The molecule has 0 atom stereocenters. The zero-order valence-corrected chi connectivity index (χ0v) is 14.5. The van der Waals surface area contributed by atoms with Gasteiger partial charge in [-0.3, -0.25) is 4.79 Å². The Morgan fingerprint density at radius 3 is 2.46 bits per heavy atom. The summed E-state index contributed by atoms with van der Waals surface area (Å²) in [5.41, 5.74) is 5.35. The molecule has 1 heterocycles. The first-order valence-corrected chi connectivity index (χ1v) is 8.61. The zero-order chi connectivity index (χ0) is 16.9. The maximum absolute atomic E-state index is 11.0. The van der Waals surface area contributed by atoms with E-state index in [4.69, 9.17) is 0 Å². The smallest absolute Gasteiger partial charge is 0.217 e. The molecular weight excluding hydrogens is 318 g/mol. The molecule has 0 saturated carbocycles. The number of nitrogens with zero attached hydrogens (tertiary/aromatic N) is 1. The maximum Gasteiger partial charge on any atom is 0.217 e. The lowest BCUT2D eigenvalue weighted by atomic mass is 10.1. The van der Waals surface area contributed by atoms with Crippen molar-refractivity contribution >= 4 is 28.1 Å². The van der Waals surface area contributed by atoms with Gasteiger partial charge in [0.15, 0.2) is 5.13 Å². The molecule has 3 rings (SSSR count). The van der Waals surface area contributed by atoms with Crippen LogP contribution in [0.5, 0.6) is 0 Å². The van der Waals surface area contributed by atoms with Crippen molar-refractivity contribution in [1.29, 1.82) is 0 Å². The van der Waals surface area contributed by atoms with Crippen LogP contribution in [0.4, 0.5) is 10.8 Å². The van der Waals surface area contributed by atoms with E-state index in [1.165, 1.54) is 12.5 Å². The highest BCUT2D eigenvalue weighted by Crippen LogP contribution is 2.27. The van der Waals surface area contributed by atoms with Crippen molar-refractivity contribution in [2.75, 3.05) is 5.32 Å². The van der Waals surface area contributed by atoms with Crippen LogP contribution < -0.4 is 10.6 Å². The predicted molar refractivity (Wildman–Crippen MR) is 99.5 cm³/mol. The Balaban J connectivity index is 1.68. The van der Waals surface area contributed by atoms with Crippen LogP contribution in [0.3, 0.4) is 0 Å². The lowest BCUT2D eigenvalue weighted by Gasteiger charge is -2.04. The minimum absolute atomic E-state index is 0.0228. The number of anilines is 2. The van der Waals surface area contributed by atoms with Crippen molar-refractivity contribution in [1.82, 2.24) is 10.3 Å². The molecule has 5 heteroatoms. The van der Waals surface area contributed by atoms with E-state index in [0.29, 0.717) is 6.54 Å². The second-order valence-corrected chi connectivity index (χ2v) is 6.49. The normalized spacial score (nSPS) is 10.4. The van der Waals surface area contributed by atoms with Gasteiger partial charge in [-0.15, -0.1) is 11.3 Å². The van der Waals surface area contributed by atoms with Crippen LogP contribution >= 0.6 is 11.3 Å². The van der Waals surface area contributed by atoms with E-state index >= 15 is 0 Å². The number of hydrogen-bond acceptors (Lipinski definition) is 4. The summed E-state index contributed by atoms with van der Waals surface area (Å²) in [6, 6.07) is 16.3. The summed E-state index contributed by atoms with van der Waals surface area (Å²) in [4.78, 5) is 15.6. The first-order valence-electron chi connectivity index (χ1n) is 7.73. The minimum Gasteiger partial charge on any atom is -0.352 e. The van der Waals surface area contributed by atoms with E-state index in [2.05, 4.69) is 34.7 Å². The zero-order valence-electron chi connectivity index (χ0n) is 13.7. The van der Waals surface area contributed by atoms with Gasteiger partial charge in [0.25, 0.3) is 0 Å². The number of amides is 1. The maximum atomic E-state index is 11.0. The van der Waals surface area contributed by atoms with Gasteiger partial charge < -0.3 is 10.6 Å². The van der Waals surface area contributed by atoms with Crippen LogP contribution in [-0.4, -0.2) is 10.9 Å². The molecule has 1 aromatic heterocycles. The Hall–Kier alpha value is -2.66. The third-order valence-corrected chi connectivity index (χ3v) is 4.36. The Labute approximate surface area is 145 Å². The number of hydrogen-bond donors (Lipinski definition) is 2. The molecule has 2 N–H and O–H groups in total. The van der Waals surface area contributed by atoms with Crippen LogP contribution in [-0.2, 0) is 11.3 Å². The fourth-order valence-electron chi connectivity index (χ4n) is 2.24. The number of thiazole rings is 1. The number of benzene rings is 2. The highest BCUT2D eigenvalue weighted by molar-refractivity contribution is 7.14. The molecule has 0 aliphatic heterocycles. The second kappa shape index (κ2) is 7.27. The van der Waals surface area contributed by atoms with E-state index < -0.39 is 0 Å². The van der Waals surface area contributed by atoms with Gasteiger partial charge in [0.05, 0.1) is 5.69 Å². The van der Waals surface area contributed by atoms with Crippen molar-refractivity contribution in [3.05, 3.63) is 65.0 Å². The SMILES string of the molecule is CC(=O)NCc1ccc(-c2csc(Nc3ccc(C)cc3)n2)cc1. The fourth-order valence-corrected chi connectivity index (χ4v) is 2.98. The highest BCUT2D eigenvalue weighted by atomic mass is 32.1. The van der Waals surface area contributed by atoms with Gasteiger partial charge >= 0.3 is 0 Å². The summed E-state index contributed by atoms with van der Waals surface area (Å²) in [5.74, 6) is -0.0228. The molecule has 0 aliphatic rings. The van der Waals surface area contributed by atoms with Crippen molar-refractivity contribution < 1.29 is 4.79 Å². The first kappa shape index (κ1) is 16.2. The first-order chi connectivity index (χ1) is 11.6. The highest BCUT2D eigenvalue weighted by Gasteiger charge is 2.05. The van der Waals surface area contributed by atoms with Gasteiger partial charge in [0, 0.05) is 30.1 Å². The Bertz CT molecular complexity index is 823. The average molecular weight is 337 g/mol. The van der Waals surface area contributed by atoms with Gasteiger partial charge in [-0.05, 0) is 24.6 Å². The minimum atomic E-state index is -0.0228. The molecule has 0 saturated heterocycles.